The van der Waals surface area contributed by atoms with Gasteiger partial charge in [-0.2, -0.15) is 5.10 Å². The monoisotopic (exact) mass is 442 g/mol. The molecule has 1 aromatic carbocycles. The molecule has 0 bridgehead atoms. The minimum absolute atomic E-state index is 0.594. The van der Waals surface area contributed by atoms with E-state index in [1.807, 2.05) is 43.4 Å². The molecule has 1 unspecified atom stereocenters. The van der Waals surface area contributed by atoms with Crippen molar-refractivity contribution in [2.24, 2.45) is 7.05 Å². The molecule has 1 atom stereocenters. The van der Waals surface area contributed by atoms with Crippen molar-refractivity contribution in [3.8, 4) is 0 Å². The molecule has 1 N–H and O–H groups in total. The minimum Gasteiger partial charge on any atom is -0.382 e. The van der Waals surface area contributed by atoms with E-state index in [0.717, 1.165) is 11.3 Å². The molecular formula is C11H12I2N2O. The van der Waals surface area contributed by atoms with Gasteiger partial charge in [0.05, 0.1) is 5.69 Å². The van der Waals surface area contributed by atoms with E-state index in [4.69, 9.17) is 0 Å². The van der Waals surface area contributed by atoms with Gasteiger partial charge in [-0.1, -0.05) is 30.3 Å². The Morgan fingerprint density at radius 3 is 2.31 bits per heavy atom. The SMILES string of the molecule is Cn1nccc1C(O)c1ccccc1.II. The van der Waals surface area contributed by atoms with Gasteiger partial charge in [-0.05, 0) is 11.6 Å². The molecule has 3 nitrogen and oxygen atoms in total. The third kappa shape index (κ3) is 3.42. The standard InChI is InChI=1S/C11H12N2O.I2/c1-13-10(7-8-12-13)11(14)9-5-3-2-4-6-9;1-2/h2-8,11,14H,1H3;. The summed E-state index contributed by atoms with van der Waals surface area (Å²) in [7, 11) is 1.82. The first-order valence-corrected chi connectivity index (χ1v) is 10.9. The van der Waals surface area contributed by atoms with Crippen molar-refractivity contribution >= 4 is 37.2 Å². The number of rotatable bonds is 2. The van der Waals surface area contributed by atoms with Gasteiger partial charge >= 0.3 is 0 Å². The largest absolute Gasteiger partial charge is 0.382 e. The fourth-order valence-electron chi connectivity index (χ4n) is 1.46. The molecule has 0 amide bonds. The van der Waals surface area contributed by atoms with Gasteiger partial charge in [0.1, 0.15) is 6.10 Å². The van der Waals surface area contributed by atoms with Crippen molar-refractivity contribution in [2.45, 2.75) is 6.10 Å². The second-order valence-corrected chi connectivity index (χ2v) is 3.19. The fraction of sp³-hybridized carbons (Fsp3) is 0.182. The molecule has 0 aliphatic rings. The molecule has 2 rings (SSSR count). The lowest BCUT2D eigenvalue weighted by molar-refractivity contribution is 0.210. The normalized spacial score (nSPS) is 11.5. The van der Waals surface area contributed by atoms with Crippen LogP contribution >= 0.6 is 37.2 Å². The van der Waals surface area contributed by atoms with E-state index in [0.29, 0.717) is 0 Å². The lowest BCUT2D eigenvalue weighted by atomic mass is 10.1. The summed E-state index contributed by atoms with van der Waals surface area (Å²) in [5.74, 6) is 0. The van der Waals surface area contributed by atoms with Crippen molar-refractivity contribution in [1.82, 2.24) is 9.78 Å². The molecule has 86 valence electrons. The van der Waals surface area contributed by atoms with Crippen LogP contribution in [0.25, 0.3) is 0 Å². The molecule has 2 aromatic rings. The van der Waals surface area contributed by atoms with Gasteiger partial charge in [-0.15, -0.1) is 0 Å². The van der Waals surface area contributed by atoms with Gasteiger partial charge in [0.15, 0.2) is 0 Å². The Kier molecular flexibility index (Phi) is 6.29. The molecule has 0 radical (unpaired) electrons. The summed E-state index contributed by atoms with van der Waals surface area (Å²) < 4.78 is 1.68. The van der Waals surface area contributed by atoms with Crippen LogP contribution in [0.5, 0.6) is 0 Å². The predicted molar refractivity (Wildman–Crippen MR) is 81.8 cm³/mol. The first-order chi connectivity index (χ1) is 7.79. The first-order valence-electron chi connectivity index (χ1n) is 4.64. The van der Waals surface area contributed by atoms with Crippen LogP contribution in [-0.2, 0) is 7.05 Å². The average Bonchev–Trinajstić information content (AvgIpc) is 2.78. The van der Waals surface area contributed by atoms with Crippen molar-refractivity contribution in [3.63, 3.8) is 0 Å². The molecule has 0 saturated heterocycles. The van der Waals surface area contributed by atoms with E-state index in [2.05, 4.69) is 42.3 Å². The number of hydrogen-bond acceptors (Lipinski definition) is 2. The minimum atomic E-state index is -0.594. The summed E-state index contributed by atoms with van der Waals surface area (Å²) in [6, 6.07) is 11.4. The van der Waals surface area contributed by atoms with Crippen LogP contribution in [0.15, 0.2) is 42.6 Å². The molecule has 0 fully saturated rings. The maximum absolute atomic E-state index is 10.0. The van der Waals surface area contributed by atoms with Crippen LogP contribution in [0.3, 0.4) is 0 Å². The van der Waals surface area contributed by atoms with E-state index in [-0.39, 0.29) is 0 Å². The maximum atomic E-state index is 10.0. The van der Waals surface area contributed by atoms with Crippen LogP contribution in [0.4, 0.5) is 0 Å². The number of benzene rings is 1. The van der Waals surface area contributed by atoms with Crippen molar-refractivity contribution in [2.75, 3.05) is 0 Å². The van der Waals surface area contributed by atoms with Crippen LogP contribution in [-0.4, -0.2) is 14.9 Å². The van der Waals surface area contributed by atoms with Gasteiger partial charge in [-0.25, -0.2) is 0 Å². The number of nitrogens with zero attached hydrogens (tertiary/aromatic N) is 2. The fourth-order valence-corrected chi connectivity index (χ4v) is 1.46. The maximum Gasteiger partial charge on any atom is 0.121 e. The van der Waals surface area contributed by atoms with E-state index < -0.39 is 6.10 Å². The third-order valence-electron chi connectivity index (χ3n) is 2.25. The summed E-state index contributed by atoms with van der Waals surface area (Å²) in [4.78, 5) is 0. The van der Waals surface area contributed by atoms with Crippen molar-refractivity contribution in [3.05, 3.63) is 53.9 Å². The Hall–Kier alpha value is -0.150. The van der Waals surface area contributed by atoms with Crippen LogP contribution < -0.4 is 0 Å². The first kappa shape index (κ1) is 13.9. The Morgan fingerprint density at radius 1 is 1.19 bits per heavy atom. The highest BCUT2D eigenvalue weighted by molar-refractivity contribution is 15.0. The second-order valence-electron chi connectivity index (χ2n) is 3.19. The number of aryl methyl sites for hydroxylation is 1. The van der Waals surface area contributed by atoms with Crippen LogP contribution in [0.1, 0.15) is 17.4 Å². The smallest absolute Gasteiger partial charge is 0.121 e. The quantitative estimate of drug-likeness (QED) is 0.726. The van der Waals surface area contributed by atoms with E-state index >= 15 is 0 Å². The Balaban J connectivity index is 0.000000606. The zero-order valence-corrected chi connectivity index (χ0v) is 13.0. The van der Waals surface area contributed by atoms with Gasteiger partial charge in [0.2, 0.25) is 0 Å². The molecule has 0 spiro atoms. The molecule has 0 saturated carbocycles. The van der Waals surface area contributed by atoms with Gasteiger partial charge in [0.25, 0.3) is 0 Å². The number of aliphatic hydroxyl groups excluding tert-OH is 1. The Bertz CT molecular complexity index is 417. The van der Waals surface area contributed by atoms with Crippen molar-refractivity contribution in [1.29, 1.82) is 0 Å². The lowest BCUT2D eigenvalue weighted by Gasteiger charge is -2.10. The highest BCUT2D eigenvalue weighted by Crippen LogP contribution is 2.20. The highest BCUT2D eigenvalue weighted by Gasteiger charge is 2.12. The summed E-state index contributed by atoms with van der Waals surface area (Å²) in [6.45, 7) is 0. The predicted octanol–water partition coefficient (Wildman–Crippen LogP) is 3.27. The number of aromatic nitrogens is 2. The molecule has 5 heteroatoms. The molecule has 16 heavy (non-hydrogen) atoms. The second kappa shape index (κ2) is 7.23. The topological polar surface area (TPSA) is 38.0 Å². The number of aliphatic hydroxyl groups is 1. The summed E-state index contributed by atoms with van der Waals surface area (Å²) >= 11 is 4.24. The van der Waals surface area contributed by atoms with Crippen molar-refractivity contribution < 1.29 is 5.11 Å². The number of halogens is 2. The molecule has 0 aliphatic carbocycles. The summed E-state index contributed by atoms with van der Waals surface area (Å²) in [5.41, 5.74) is 1.69. The van der Waals surface area contributed by atoms with E-state index in [1.54, 1.807) is 10.9 Å². The highest BCUT2D eigenvalue weighted by atomic mass is 128. The van der Waals surface area contributed by atoms with E-state index in [1.165, 1.54) is 0 Å². The summed E-state index contributed by atoms with van der Waals surface area (Å²) in [6.07, 6.45) is 1.09. The van der Waals surface area contributed by atoms with E-state index in [9.17, 15) is 5.11 Å². The molecule has 1 heterocycles. The van der Waals surface area contributed by atoms with Gasteiger partial charge in [0, 0.05) is 50.5 Å². The van der Waals surface area contributed by atoms with Crippen LogP contribution in [0, 0.1) is 0 Å². The molecule has 1 aromatic heterocycles. The number of hydrogen-bond donors (Lipinski definition) is 1. The molecular weight excluding hydrogens is 430 g/mol. The van der Waals surface area contributed by atoms with Gasteiger partial charge < -0.3 is 5.11 Å². The third-order valence-corrected chi connectivity index (χ3v) is 2.25. The Morgan fingerprint density at radius 2 is 1.81 bits per heavy atom. The van der Waals surface area contributed by atoms with Gasteiger partial charge in [-0.3, -0.25) is 4.68 Å². The Labute approximate surface area is 118 Å². The lowest BCUT2D eigenvalue weighted by Crippen LogP contribution is -2.06. The molecule has 0 aliphatic heterocycles. The summed E-state index contributed by atoms with van der Waals surface area (Å²) in [5, 5.41) is 14.0. The van der Waals surface area contributed by atoms with Crippen LogP contribution in [0.2, 0.25) is 0 Å². The zero-order valence-electron chi connectivity index (χ0n) is 8.72. The average molecular weight is 442 g/mol. The zero-order chi connectivity index (χ0) is 12.0.